The summed E-state index contributed by atoms with van der Waals surface area (Å²) < 4.78 is 18.9. The van der Waals surface area contributed by atoms with Gasteiger partial charge in [-0.3, -0.25) is 0 Å². The smallest absolute Gasteiger partial charge is 0.128 e. The molecular formula is C15H14FNO. The van der Waals surface area contributed by atoms with Crippen LogP contribution in [0.3, 0.4) is 0 Å². The molecule has 3 heteroatoms. The van der Waals surface area contributed by atoms with Gasteiger partial charge in [-0.15, -0.1) is 0 Å². The second kappa shape index (κ2) is 4.33. The molecule has 1 heterocycles. The summed E-state index contributed by atoms with van der Waals surface area (Å²) in [5, 5.41) is 3.35. The Bertz CT molecular complexity index is 582. The Kier molecular flexibility index (Phi) is 2.67. The molecule has 0 aromatic heterocycles. The fourth-order valence-electron chi connectivity index (χ4n) is 2.40. The summed E-state index contributed by atoms with van der Waals surface area (Å²) in [4.78, 5) is 0. The van der Waals surface area contributed by atoms with Gasteiger partial charge < -0.3 is 10.1 Å². The minimum atomic E-state index is -0.158. The van der Waals surface area contributed by atoms with Gasteiger partial charge >= 0.3 is 0 Å². The molecule has 0 saturated carbocycles. The number of ether oxygens (including phenoxy) is 1. The van der Waals surface area contributed by atoms with Gasteiger partial charge in [-0.25, -0.2) is 4.39 Å². The maximum atomic E-state index is 13.7. The van der Waals surface area contributed by atoms with Gasteiger partial charge in [0.15, 0.2) is 0 Å². The van der Waals surface area contributed by atoms with E-state index in [1.165, 1.54) is 11.6 Å². The van der Waals surface area contributed by atoms with Crippen molar-refractivity contribution in [2.24, 2.45) is 0 Å². The van der Waals surface area contributed by atoms with Crippen molar-refractivity contribution in [2.75, 3.05) is 12.4 Å². The molecule has 0 bridgehead atoms. The van der Waals surface area contributed by atoms with Crippen molar-refractivity contribution in [2.45, 2.75) is 12.5 Å². The molecule has 0 aliphatic carbocycles. The molecule has 1 aliphatic rings. The molecule has 1 aliphatic heterocycles. The van der Waals surface area contributed by atoms with Gasteiger partial charge in [0, 0.05) is 17.3 Å². The highest BCUT2D eigenvalue weighted by Gasteiger charge is 2.24. The van der Waals surface area contributed by atoms with Gasteiger partial charge in [0.25, 0.3) is 0 Å². The van der Waals surface area contributed by atoms with Crippen molar-refractivity contribution in [3.05, 3.63) is 59.4 Å². The van der Waals surface area contributed by atoms with Crippen molar-refractivity contribution in [1.82, 2.24) is 0 Å². The molecule has 92 valence electrons. The van der Waals surface area contributed by atoms with Crippen molar-refractivity contribution < 1.29 is 9.13 Å². The number of methoxy groups -OCH3 is 1. The average Bonchev–Trinajstić information content (AvgIpc) is 2.81. The molecule has 1 N–H and O–H groups in total. The molecule has 0 saturated heterocycles. The lowest BCUT2D eigenvalue weighted by Crippen LogP contribution is -2.07. The normalized spacial score (nSPS) is 17.1. The second-order valence-corrected chi connectivity index (χ2v) is 4.45. The summed E-state index contributed by atoms with van der Waals surface area (Å²) in [7, 11) is 1.64. The molecule has 0 fully saturated rings. The van der Waals surface area contributed by atoms with E-state index in [0.717, 1.165) is 17.9 Å². The van der Waals surface area contributed by atoms with Gasteiger partial charge in [-0.1, -0.05) is 24.3 Å². The zero-order chi connectivity index (χ0) is 12.5. The fourth-order valence-corrected chi connectivity index (χ4v) is 2.40. The Morgan fingerprint density at radius 2 is 2.06 bits per heavy atom. The average molecular weight is 243 g/mol. The van der Waals surface area contributed by atoms with Crippen LogP contribution in [-0.4, -0.2) is 7.11 Å². The Morgan fingerprint density at radius 3 is 2.83 bits per heavy atom. The number of halogens is 1. The van der Waals surface area contributed by atoms with E-state index in [-0.39, 0.29) is 11.9 Å². The zero-order valence-electron chi connectivity index (χ0n) is 10.1. The first kappa shape index (κ1) is 11.1. The number of benzene rings is 2. The predicted molar refractivity (Wildman–Crippen MR) is 69.5 cm³/mol. The van der Waals surface area contributed by atoms with E-state index in [1.54, 1.807) is 13.2 Å². The van der Waals surface area contributed by atoms with Crippen LogP contribution in [0.5, 0.6) is 5.75 Å². The Labute approximate surface area is 105 Å². The maximum absolute atomic E-state index is 13.7. The topological polar surface area (TPSA) is 21.3 Å². The molecule has 2 aromatic rings. The monoisotopic (exact) mass is 243 g/mol. The highest BCUT2D eigenvalue weighted by molar-refractivity contribution is 5.61. The van der Waals surface area contributed by atoms with Crippen LogP contribution in [-0.2, 0) is 6.42 Å². The molecule has 0 radical (unpaired) electrons. The lowest BCUT2D eigenvalue weighted by Gasteiger charge is -2.12. The molecular weight excluding hydrogens is 229 g/mol. The molecule has 2 aromatic carbocycles. The van der Waals surface area contributed by atoms with Crippen LogP contribution in [0.15, 0.2) is 42.5 Å². The molecule has 2 nitrogen and oxygen atoms in total. The first-order chi connectivity index (χ1) is 8.78. The van der Waals surface area contributed by atoms with E-state index < -0.39 is 0 Å². The molecule has 18 heavy (non-hydrogen) atoms. The number of hydrogen-bond donors (Lipinski definition) is 1. The summed E-state index contributed by atoms with van der Waals surface area (Å²) in [6.45, 7) is 0. The van der Waals surface area contributed by atoms with Crippen LogP contribution in [0.25, 0.3) is 0 Å². The summed E-state index contributed by atoms with van der Waals surface area (Å²) in [6.07, 6.45) is 0.806. The minimum Gasteiger partial charge on any atom is -0.497 e. The van der Waals surface area contributed by atoms with Gasteiger partial charge in [0.1, 0.15) is 11.6 Å². The van der Waals surface area contributed by atoms with Crippen molar-refractivity contribution in [3.63, 3.8) is 0 Å². The lowest BCUT2D eigenvalue weighted by molar-refractivity contribution is 0.415. The summed E-state index contributed by atoms with van der Waals surface area (Å²) in [6, 6.07) is 12.8. The first-order valence-electron chi connectivity index (χ1n) is 5.96. The number of nitrogens with one attached hydrogen (secondary N) is 1. The molecule has 1 unspecified atom stereocenters. The summed E-state index contributed by atoms with van der Waals surface area (Å²) in [5.74, 6) is 0.658. The van der Waals surface area contributed by atoms with E-state index in [9.17, 15) is 4.39 Å². The minimum absolute atomic E-state index is 0.00769. The first-order valence-corrected chi connectivity index (χ1v) is 5.96. The van der Waals surface area contributed by atoms with Crippen LogP contribution < -0.4 is 10.1 Å². The van der Waals surface area contributed by atoms with Crippen molar-refractivity contribution in [1.29, 1.82) is 0 Å². The van der Waals surface area contributed by atoms with Crippen molar-refractivity contribution >= 4 is 5.69 Å². The molecule has 0 spiro atoms. The van der Waals surface area contributed by atoms with E-state index in [0.29, 0.717) is 5.56 Å². The lowest BCUT2D eigenvalue weighted by atomic mass is 10.0. The largest absolute Gasteiger partial charge is 0.497 e. The van der Waals surface area contributed by atoms with Crippen LogP contribution in [0.1, 0.15) is 17.2 Å². The fraction of sp³-hybridized carbons (Fsp3) is 0.200. The predicted octanol–water partition coefficient (Wildman–Crippen LogP) is 3.54. The van der Waals surface area contributed by atoms with Gasteiger partial charge in [0.2, 0.25) is 0 Å². The number of anilines is 1. The molecule has 3 rings (SSSR count). The Balaban J connectivity index is 1.91. The third kappa shape index (κ3) is 1.82. The summed E-state index contributed by atoms with van der Waals surface area (Å²) in [5.41, 5.74) is 2.94. The Morgan fingerprint density at radius 1 is 1.22 bits per heavy atom. The number of hydrogen-bond acceptors (Lipinski definition) is 2. The van der Waals surface area contributed by atoms with Gasteiger partial charge in [-0.05, 0) is 24.1 Å². The third-order valence-electron chi connectivity index (χ3n) is 3.35. The van der Waals surface area contributed by atoms with E-state index in [2.05, 4.69) is 5.32 Å². The van der Waals surface area contributed by atoms with Crippen LogP contribution in [0, 0.1) is 5.82 Å². The SMILES string of the molecule is COc1ccc2c(c1)NC(c1ccccc1F)C2. The molecule has 0 amide bonds. The van der Waals surface area contributed by atoms with E-state index in [4.69, 9.17) is 4.74 Å². The maximum Gasteiger partial charge on any atom is 0.128 e. The highest BCUT2D eigenvalue weighted by Crippen LogP contribution is 2.36. The number of fused-ring (bicyclic) bond motifs is 1. The summed E-state index contributed by atoms with van der Waals surface area (Å²) >= 11 is 0. The van der Waals surface area contributed by atoms with E-state index >= 15 is 0 Å². The third-order valence-corrected chi connectivity index (χ3v) is 3.35. The quantitative estimate of drug-likeness (QED) is 0.871. The van der Waals surface area contributed by atoms with Crippen molar-refractivity contribution in [3.8, 4) is 5.75 Å². The van der Waals surface area contributed by atoms with Crippen LogP contribution >= 0.6 is 0 Å². The second-order valence-electron chi connectivity index (χ2n) is 4.45. The molecule has 1 atom stereocenters. The van der Waals surface area contributed by atoms with Gasteiger partial charge in [-0.2, -0.15) is 0 Å². The van der Waals surface area contributed by atoms with E-state index in [1.807, 2.05) is 30.3 Å². The Hall–Kier alpha value is -2.03. The van der Waals surface area contributed by atoms with Gasteiger partial charge in [0.05, 0.1) is 13.2 Å². The van der Waals surface area contributed by atoms with Crippen LogP contribution in [0.4, 0.5) is 10.1 Å². The van der Waals surface area contributed by atoms with Crippen LogP contribution in [0.2, 0.25) is 0 Å². The zero-order valence-corrected chi connectivity index (χ0v) is 10.1. The highest BCUT2D eigenvalue weighted by atomic mass is 19.1. The standard InChI is InChI=1S/C15H14FNO/c1-18-11-7-6-10-8-15(17-14(10)9-11)12-4-2-3-5-13(12)16/h2-7,9,15,17H,8H2,1H3. The number of rotatable bonds is 2.